The second kappa shape index (κ2) is 5.68. The number of halogens is 2. The topological polar surface area (TPSA) is 69.6 Å². The number of fused-ring (bicyclic) bond motifs is 1. The van der Waals surface area contributed by atoms with Gasteiger partial charge in [-0.25, -0.2) is 19.0 Å². The van der Waals surface area contributed by atoms with E-state index < -0.39 is 5.82 Å². The van der Waals surface area contributed by atoms with Gasteiger partial charge in [0.05, 0.1) is 12.1 Å². The number of hydrogen-bond acceptors (Lipinski definition) is 5. The summed E-state index contributed by atoms with van der Waals surface area (Å²) < 4.78 is 20.8. The second-order valence-electron chi connectivity index (χ2n) is 5.32. The lowest BCUT2D eigenvalue weighted by Gasteiger charge is -2.08. The largest absolute Gasteiger partial charge is 0.318 e. The molecule has 0 saturated carbocycles. The van der Waals surface area contributed by atoms with Crippen LogP contribution in [0.2, 0.25) is 5.15 Å². The maximum absolute atomic E-state index is 14.1. The Balaban J connectivity index is 1.93. The zero-order valence-corrected chi connectivity index (χ0v) is 13.3. The highest BCUT2D eigenvalue weighted by Gasteiger charge is 2.20. The van der Waals surface area contributed by atoms with Gasteiger partial charge in [-0.05, 0) is 35.8 Å². The molecule has 4 rings (SSSR count). The molecule has 0 unspecified atom stereocenters. The molecule has 0 aliphatic rings. The summed E-state index contributed by atoms with van der Waals surface area (Å²) in [4.78, 5) is 8.49. The first-order valence-electron chi connectivity index (χ1n) is 7.18. The molecule has 0 aliphatic heterocycles. The summed E-state index contributed by atoms with van der Waals surface area (Å²) in [6, 6.07) is 8.40. The van der Waals surface area contributed by atoms with Crippen molar-refractivity contribution in [2.45, 2.75) is 13.5 Å². The number of rotatable bonds is 3. The number of imidazole rings is 1. The van der Waals surface area contributed by atoms with Crippen molar-refractivity contribution < 1.29 is 9.02 Å². The summed E-state index contributed by atoms with van der Waals surface area (Å²) in [6.45, 7) is 2.20. The molecule has 0 saturated heterocycles. The number of aryl methyl sites for hydroxylation is 1. The summed E-state index contributed by atoms with van der Waals surface area (Å²) >= 11 is 5.83. The number of nitrogens with zero attached hydrogens (tertiary/aromatic N) is 5. The molecule has 0 aliphatic carbocycles. The van der Waals surface area contributed by atoms with Crippen LogP contribution in [-0.4, -0.2) is 24.8 Å². The normalized spacial score (nSPS) is 11.3. The van der Waals surface area contributed by atoms with Crippen molar-refractivity contribution in [3.8, 4) is 11.5 Å². The number of aromatic nitrogens is 5. The summed E-state index contributed by atoms with van der Waals surface area (Å²) in [7, 11) is 0. The van der Waals surface area contributed by atoms with E-state index in [1.807, 2.05) is 10.6 Å². The molecule has 0 fully saturated rings. The molecule has 0 N–H and O–H groups in total. The fraction of sp³-hybridized carbons (Fsp3) is 0.125. The molecular weight excluding hydrogens is 333 g/mol. The highest BCUT2D eigenvalue weighted by atomic mass is 35.5. The highest BCUT2D eigenvalue weighted by Crippen LogP contribution is 2.27. The van der Waals surface area contributed by atoms with Crippen molar-refractivity contribution in [3.05, 3.63) is 58.8 Å². The van der Waals surface area contributed by atoms with Gasteiger partial charge < -0.3 is 4.57 Å². The van der Waals surface area contributed by atoms with E-state index in [4.69, 9.17) is 16.2 Å². The van der Waals surface area contributed by atoms with Gasteiger partial charge in [-0.2, -0.15) is 0 Å². The zero-order chi connectivity index (χ0) is 16.7. The Kier molecular flexibility index (Phi) is 3.50. The van der Waals surface area contributed by atoms with Crippen LogP contribution in [0.5, 0.6) is 0 Å². The van der Waals surface area contributed by atoms with Crippen LogP contribution in [0.15, 0.2) is 41.2 Å². The van der Waals surface area contributed by atoms with Crippen LogP contribution < -0.4 is 0 Å². The Morgan fingerprint density at radius 3 is 2.79 bits per heavy atom. The van der Waals surface area contributed by atoms with Gasteiger partial charge in [-0.15, -0.1) is 0 Å². The molecule has 3 aromatic heterocycles. The fourth-order valence-corrected chi connectivity index (χ4v) is 2.68. The third-order valence-corrected chi connectivity index (χ3v) is 3.95. The SMILES string of the molecule is Cc1nonc1-c1nc2c(F)cccc2n1Cc1ccc(Cl)nc1. The lowest BCUT2D eigenvalue weighted by atomic mass is 10.2. The van der Waals surface area contributed by atoms with E-state index in [2.05, 4.69) is 20.3 Å². The fourth-order valence-electron chi connectivity index (χ4n) is 2.57. The Bertz CT molecular complexity index is 1020. The first-order chi connectivity index (χ1) is 11.6. The number of hydrogen-bond donors (Lipinski definition) is 0. The molecule has 6 nitrogen and oxygen atoms in total. The lowest BCUT2D eigenvalue weighted by Crippen LogP contribution is -2.03. The summed E-state index contributed by atoms with van der Waals surface area (Å²) in [5.74, 6) is 0.0969. The van der Waals surface area contributed by atoms with Crippen molar-refractivity contribution in [3.63, 3.8) is 0 Å². The third-order valence-electron chi connectivity index (χ3n) is 3.72. The van der Waals surface area contributed by atoms with Crippen molar-refractivity contribution in [1.29, 1.82) is 0 Å². The number of pyridine rings is 1. The third kappa shape index (κ3) is 2.43. The molecular formula is C16H11ClFN5O. The summed E-state index contributed by atoms with van der Waals surface area (Å²) in [5.41, 5.74) is 2.89. The zero-order valence-electron chi connectivity index (χ0n) is 12.6. The first kappa shape index (κ1) is 14.8. The van der Waals surface area contributed by atoms with Gasteiger partial charge in [0.2, 0.25) is 0 Å². The second-order valence-corrected chi connectivity index (χ2v) is 5.70. The maximum atomic E-state index is 14.1. The van der Waals surface area contributed by atoms with E-state index in [0.717, 1.165) is 5.56 Å². The van der Waals surface area contributed by atoms with Gasteiger partial charge in [0.25, 0.3) is 0 Å². The van der Waals surface area contributed by atoms with Gasteiger partial charge >= 0.3 is 0 Å². The molecule has 8 heteroatoms. The van der Waals surface area contributed by atoms with E-state index >= 15 is 0 Å². The van der Waals surface area contributed by atoms with Crippen LogP contribution in [-0.2, 0) is 6.54 Å². The summed E-state index contributed by atoms with van der Waals surface area (Å²) in [6.07, 6.45) is 1.67. The van der Waals surface area contributed by atoms with Crippen molar-refractivity contribution >= 4 is 22.6 Å². The smallest absolute Gasteiger partial charge is 0.173 e. The van der Waals surface area contributed by atoms with E-state index in [-0.39, 0.29) is 5.52 Å². The predicted octanol–water partition coefficient (Wildman–Crippen LogP) is 3.63. The van der Waals surface area contributed by atoms with E-state index in [9.17, 15) is 4.39 Å². The van der Waals surface area contributed by atoms with Crippen LogP contribution in [0.4, 0.5) is 4.39 Å². The first-order valence-corrected chi connectivity index (χ1v) is 7.56. The molecule has 0 bridgehead atoms. The Hall–Kier alpha value is -2.80. The van der Waals surface area contributed by atoms with E-state index in [1.165, 1.54) is 6.07 Å². The molecule has 0 radical (unpaired) electrons. The van der Waals surface area contributed by atoms with Gasteiger partial charge in [-0.3, -0.25) is 0 Å². The average Bonchev–Trinajstić information content (AvgIpc) is 3.14. The van der Waals surface area contributed by atoms with Crippen molar-refractivity contribution in [1.82, 2.24) is 24.8 Å². The predicted molar refractivity (Wildman–Crippen MR) is 86.1 cm³/mol. The molecule has 0 atom stereocenters. The minimum absolute atomic E-state index is 0.275. The molecule has 0 spiro atoms. The van der Waals surface area contributed by atoms with Crippen LogP contribution in [0.3, 0.4) is 0 Å². The number of benzene rings is 1. The Labute approximate surface area is 140 Å². The van der Waals surface area contributed by atoms with Crippen LogP contribution in [0, 0.1) is 12.7 Å². The van der Waals surface area contributed by atoms with Gasteiger partial charge in [0, 0.05) is 6.20 Å². The standard InChI is InChI=1S/C16H11ClFN5O/c1-9-14(22-24-21-9)16-20-15-11(18)3-2-4-12(15)23(16)8-10-5-6-13(17)19-7-10/h2-7H,8H2,1H3. The maximum Gasteiger partial charge on any atom is 0.173 e. The van der Waals surface area contributed by atoms with E-state index in [1.54, 1.807) is 31.3 Å². The lowest BCUT2D eigenvalue weighted by molar-refractivity contribution is 0.305. The molecule has 120 valence electrons. The van der Waals surface area contributed by atoms with Crippen molar-refractivity contribution in [2.75, 3.05) is 0 Å². The number of para-hydroxylation sites is 1. The quantitative estimate of drug-likeness (QED) is 0.531. The molecule has 3 heterocycles. The van der Waals surface area contributed by atoms with Gasteiger partial charge in [0.15, 0.2) is 17.3 Å². The molecule has 0 amide bonds. The van der Waals surface area contributed by atoms with Crippen LogP contribution >= 0.6 is 11.6 Å². The van der Waals surface area contributed by atoms with Gasteiger partial charge in [0.1, 0.15) is 16.4 Å². The average molecular weight is 344 g/mol. The van der Waals surface area contributed by atoms with Gasteiger partial charge in [-0.1, -0.05) is 28.9 Å². The Morgan fingerprint density at radius 1 is 1.21 bits per heavy atom. The monoisotopic (exact) mass is 343 g/mol. The summed E-state index contributed by atoms with van der Waals surface area (Å²) in [5, 5.41) is 8.10. The molecule has 1 aromatic carbocycles. The van der Waals surface area contributed by atoms with Crippen molar-refractivity contribution in [2.24, 2.45) is 0 Å². The highest BCUT2D eigenvalue weighted by molar-refractivity contribution is 6.29. The van der Waals surface area contributed by atoms with E-state index in [0.29, 0.717) is 34.4 Å². The molecule has 4 aromatic rings. The van der Waals surface area contributed by atoms with Crippen LogP contribution in [0.1, 0.15) is 11.3 Å². The molecule has 24 heavy (non-hydrogen) atoms. The van der Waals surface area contributed by atoms with Crippen LogP contribution in [0.25, 0.3) is 22.6 Å². The minimum atomic E-state index is -0.393. The Morgan fingerprint density at radius 2 is 2.08 bits per heavy atom. The minimum Gasteiger partial charge on any atom is -0.318 e.